The molecule has 0 atom stereocenters. The Bertz CT molecular complexity index is 1920. The van der Waals surface area contributed by atoms with Gasteiger partial charge in [0.15, 0.2) is 0 Å². The van der Waals surface area contributed by atoms with Crippen LogP contribution in [0.3, 0.4) is 0 Å². The number of carbonyl (C=O) groups excluding carboxylic acids is 1. The van der Waals surface area contributed by atoms with Crippen LogP contribution in [0.25, 0.3) is 33.2 Å². The molecule has 0 radical (unpaired) electrons. The lowest BCUT2D eigenvalue weighted by Crippen LogP contribution is -2.30. The van der Waals surface area contributed by atoms with Gasteiger partial charge in [0, 0.05) is 47.6 Å². The van der Waals surface area contributed by atoms with Gasteiger partial charge in [0.1, 0.15) is 5.75 Å². The molecule has 0 bridgehead atoms. The molecule has 6 rings (SSSR count). The number of piperidine rings is 1. The van der Waals surface area contributed by atoms with E-state index in [4.69, 9.17) is 5.73 Å². The van der Waals surface area contributed by atoms with E-state index in [1.165, 1.54) is 24.5 Å². The average Bonchev–Trinajstić information content (AvgIpc) is 3.02. The lowest BCUT2D eigenvalue weighted by atomic mass is 9.92. The van der Waals surface area contributed by atoms with Crippen LogP contribution in [0, 0.1) is 12.9 Å². The Morgan fingerprint density at radius 1 is 0.956 bits per heavy atom. The fourth-order valence-electron chi connectivity index (χ4n) is 5.65. The Kier molecular flexibility index (Phi) is 7.73. The number of amides is 1. The Hall–Kier alpha value is -5.26. The molecule has 45 heavy (non-hydrogen) atoms. The standard InChI is InChI=1S/C33H28F4N6O2/c1-18-5-6-19(31(45)41-25-15-22(33(35,36)37)8-9-26(25)43-11-3-2-4-12-43)13-23(18)24-14-21-17-40-32(38)42-29(21)28(30(24)44)20-7-10-27(34)39-16-20/h5-10,13-17,44H,2-4,11-12H2,1H3,(H,41,45)(H2,38,40,42). The number of anilines is 3. The number of alkyl halides is 3. The molecule has 0 unspecified atom stereocenters. The lowest BCUT2D eigenvalue weighted by molar-refractivity contribution is -0.137. The number of nitrogens with two attached hydrogens (primary N) is 1. The number of hydrogen-bond donors (Lipinski definition) is 3. The van der Waals surface area contributed by atoms with Gasteiger partial charge in [0.25, 0.3) is 5.91 Å². The van der Waals surface area contributed by atoms with E-state index in [-0.39, 0.29) is 28.5 Å². The van der Waals surface area contributed by atoms with Gasteiger partial charge in [-0.2, -0.15) is 17.6 Å². The van der Waals surface area contributed by atoms with Crippen molar-refractivity contribution in [3.63, 3.8) is 0 Å². The molecular formula is C33H28F4N6O2. The molecule has 8 nitrogen and oxygen atoms in total. The molecule has 12 heteroatoms. The third-order valence-corrected chi connectivity index (χ3v) is 7.94. The van der Waals surface area contributed by atoms with Crippen LogP contribution in [0.5, 0.6) is 5.75 Å². The van der Waals surface area contributed by atoms with E-state index in [1.807, 2.05) is 4.90 Å². The van der Waals surface area contributed by atoms with Gasteiger partial charge < -0.3 is 21.1 Å². The maximum Gasteiger partial charge on any atom is 0.416 e. The first-order chi connectivity index (χ1) is 21.5. The number of phenols is 1. The van der Waals surface area contributed by atoms with Crippen LogP contribution in [0.4, 0.5) is 34.9 Å². The molecule has 4 N–H and O–H groups in total. The van der Waals surface area contributed by atoms with Crippen molar-refractivity contribution >= 4 is 34.1 Å². The summed E-state index contributed by atoms with van der Waals surface area (Å²) in [5, 5.41) is 14.8. The summed E-state index contributed by atoms with van der Waals surface area (Å²) >= 11 is 0. The van der Waals surface area contributed by atoms with Crippen LogP contribution in [0.15, 0.2) is 67.0 Å². The summed E-state index contributed by atoms with van der Waals surface area (Å²) < 4.78 is 54.6. The number of aryl methyl sites for hydroxylation is 1. The number of rotatable bonds is 5. The molecule has 1 aliphatic heterocycles. The fourth-order valence-corrected chi connectivity index (χ4v) is 5.65. The molecular weight excluding hydrogens is 588 g/mol. The van der Waals surface area contributed by atoms with Crippen molar-refractivity contribution in [3.8, 4) is 28.0 Å². The summed E-state index contributed by atoms with van der Waals surface area (Å²) in [5.74, 6) is -1.56. The van der Waals surface area contributed by atoms with E-state index < -0.39 is 23.6 Å². The van der Waals surface area contributed by atoms with Gasteiger partial charge in [-0.25, -0.2) is 15.0 Å². The first-order valence-electron chi connectivity index (χ1n) is 14.3. The van der Waals surface area contributed by atoms with Crippen LogP contribution in [-0.4, -0.2) is 39.1 Å². The van der Waals surface area contributed by atoms with Crippen LogP contribution < -0.4 is 16.0 Å². The quantitative estimate of drug-likeness (QED) is 0.140. The SMILES string of the molecule is Cc1ccc(C(=O)Nc2cc(C(F)(F)F)ccc2N2CCCCC2)cc1-c1cc2cnc(N)nc2c(-c2ccc(F)nc2)c1O. The highest BCUT2D eigenvalue weighted by Gasteiger charge is 2.32. The smallest absolute Gasteiger partial charge is 0.416 e. The number of phenolic OH excluding ortho intramolecular Hbond substituents is 1. The minimum atomic E-state index is -4.59. The summed E-state index contributed by atoms with van der Waals surface area (Å²) in [6.45, 7) is 3.14. The normalized spacial score (nSPS) is 13.7. The third kappa shape index (κ3) is 5.95. The number of aromatic hydroxyl groups is 1. The number of nitrogen functional groups attached to an aromatic ring is 1. The summed E-state index contributed by atoms with van der Waals surface area (Å²) in [7, 11) is 0. The van der Waals surface area contributed by atoms with Crippen molar-refractivity contribution in [2.24, 2.45) is 0 Å². The van der Waals surface area contributed by atoms with Crippen LogP contribution in [-0.2, 0) is 6.18 Å². The predicted molar refractivity (Wildman–Crippen MR) is 164 cm³/mol. The number of halogens is 4. The predicted octanol–water partition coefficient (Wildman–Crippen LogP) is 7.36. The van der Waals surface area contributed by atoms with E-state index in [0.29, 0.717) is 51.9 Å². The van der Waals surface area contributed by atoms with Gasteiger partial charge in [-0.15, -0.1) is 0 Å². The summed E-state index contributed by atoms with van der Waals surface area (Å²) in [5.41, 5.74) is 8.17. The minimum absolute atomic E-state index is 0.0284. The number of benzene rings is 3. The van der Waals surface area contributed by atoms with Crippen molar-refractivity contribution in [3.05, 3.63) is 89.6 Å². The highest BCUT2D eigenvalue weighted by atomic mass is 19.4. The molecule has 0 aliphatic carbocycles. The number of pyridine rings is 1. The van der Waals surface area contributed by atoms with Gasteiger partial charge in [-0.3, -0.25) is 4.79 Å². The first-order valence-corrected chi connectivity index (χ1v) is 14.3. The molecule has 3 heterocycles. The fraction of sp³-hybridized carbons (Fsp3) is 0.212. The van der Waals surface area contributed by atoms with Gasteiger partial charge >= 0.3 is 6.18 Å². The summed E-state index contributed by atoms with van der Waals surface area (Å²) in [4.78, 5) is 27.7. The molecule has 230 valence electrons. The van der Waals surface area contributed by atoms with E-state index in [2.05, 4.69) is 20.3 Å². The highest BCUT2D eigenvalue weighted by molar-refractivity contribution is 6.08. The van der Waals surface area contributed by atoms with E-state index >= 15 is 0 Å². The van der Waals surface area contributed by atoms with Gasteiger partial charge in [-0.1, -0.05) is 6.07 Å². The second-order valence-corrected chi connectivity index (χ2v) is 10.9. The Labute approximate surface area is 255 Å². The van der Waals surface area contributed by atoms with E-state index in [0.717, 1.165) is 37.5 Å². The second-order valence-electron chi connectivity index (χ2n) is 10.9. The summed E-state index contributed by atoms with van der Waals surface area (Å²) in [6.07, 6.45) is 1.000. The van der Waals surface area contributed by atoms with E-state index in [9.17, 15) is 27.5 Å². The maximum absolute atomic E-state index is 13.7. The molecule has 0 saturated carbocycles. The van der Waals surface area contributed by atoms with Crippen molar-refractivity contribution in [1.82, 2.24) is 15.0 Å². The summed E-state index contributed by atoms with van der Waals surface area (Å²) in [6, 6.07) is 12.4. The highest BCUT2D eigenvalue weighted by Crippen LogP contribution is 2.44. The molecule has 5 aromatic rings. The Morgan fingerprint density at radius 3 is 2.44 bits per heavy atom. The maximum atomic E-state index is 13.7. The molecule has 0 spiro atoms. The van der Waals surface area contributed by atoms with Crippen molar-refractivity contribution in [2.45, 2.75) is 32.4 Å². The number of aromatic nitrogens is 3. The topological polar surface area (TPSA) is 117 Å². The van der Waals surface area contributed by atoms with Gasteiger partial charge in [0.05, 0.1) is 28.0 Å². The van der Waals surface area contributed by atoms with Crippen LogP contribution in [0.2, 0.25) is 0 Å². The Morgan fingerprint density at radius 2 is 1.73 bits per heavy atom. The van der Waals surface area contributed by atoms with Crippen LogP contribution >= 0.6 is 0 Å². The van der Waals surface area contributed by atoms with Gasteiger partial charge in [-0.05, 0) is 85.8 Å². The van der Waals surface area contributed by atoms with E-state index in [1.54, 1.807) is 31.2 Å². The first kappa shape index (κ1) is 29.8. The number of carbonyl (C=O) groups is 1. The van der Waals surface area contributed by atoms with Gasteiger partial charge in [0.2, 0.25) is 11.9 Å². The number of hydrogen-bond acceptors (Lipinski definition) is 7. The van der Waals surface area contributed by atoms with Crippen molar-refractivity contribution in [2.75, 3.05) is 29.0 Å². The molecule has 3 aromatic carbocycles. The van der Waals surface area contributed by atoms with Crippen molar-refractivity contribution in [1.29, 1.82) is 0 Å². The molecule has 2 aromatic heterocycles. The molecule has 1 amide bonds. The second kappa shape index (κ2) is 11.7. The largest absolute Gasteiger partial charge is 0.507 e. The lowest BCUT2D eigenvalue weighted by Gasteiger charge is -2.31. The molecule has 1 fully saturated rings. The number of nitrogens with one attached hydrogen (secondary N) is 1. The monoisotopic (exact) mass is 616 g/mol. The third-order valence-electron chi connectivity index (χ3n) is 7.94. The zero-order valence-corrected chi connectivity index (χ0v) is 24.1. The minimum Gasteiger partial charge on any atom is -0.507 e. The Balaban J connectivity index is 1.43. The molecule has 1 aliphatic rings. The number of fused-ring (bicyclic) bond motifs is 1. The average molecular weight is 617 g/mol. The zero-order chi connectivity index (χ0) is 31.9. The number of nitrogens with zero attached hydrogens (tertiary/aromatic N) is 4. The van der Waals surface area contributed by atoms with Crippen LogP contribution in [0.1, 0.15) is 40.7 Å². The zero-order valence-electron chi connectivity index (χ0n) is 24.1. The molecule has 1 saturated heterocycles. The van der Waals surface area contributed by atoms with Crippen molar-refractivity contribution < 1.29 is 27.5 Å².